The van der Waals surface area contributed by atoms with Gasteiger partial charge in [0.1, 0.15) is 0 Å². The second-order valence-corrected chi connectivity index (χ2v) is 10.1. The Labute approximate surface area is 216 Å². The number of rotatable bonds is 4. The minimum atomic E-state index is -4.93. The molecule has 1 aliphatic heterocycles. The molecular weight excluding hydrogens is 510 g/mol. The highest BCUT2D eigenvalue weighted by Gasteiger charge is 2.38. The lowest BCUT2D eigenvalue weighted by atomic mass is 9.87. The Morgan fingerprint density at radius 1 is 0.868 bits per heavy atom. The van der Waals surface area contributed by atoms with Crippen LogP contribution in [-0.4, -0.2) is 33.8 Å². The first-order valence-electron chi connectivity index (χ1n) is 12.6. The van der Waals surface area contributed by atoms with Crippen molar-refractivity contribution in [2.24, 2.45) is 7.05 Å². The van der Waals surface area contributed by atoms with E-state index >= 15 is 0 Å². The van der Waals surface area contributed by atoms with Crippen molar-refractivity contribution in [1.82, 2.24) is 20.2 Å². The van der Waals surface area contributed by atoms with Gasteiger partial charge in [-0.25, -0.2) is 0 Å². The number of alkyl halides is 6. The largest absolute Gasteiger partial charge is 0.416 e. The highest BCUT2D eigenvalue weighted by molar-refractivity contribution is 5.61. The zero-order valence-electron chi connectivity index (χ0n) is 21.1. The van der Waals surface area contributed by atoms with Crippen molar-refractivity contribution in [3.63, 3.8) is 0 Å². The van der Waals surface area contributed by atoms with Gasteiger partial charge in [0.05, 0.1) is 24.2 Å². The molecule has 0 unspecified atom stereocenters. The molecule has 204 valence electrons. The Morgan fingerprint density at radius 3 is 2.08 bits per heavy atom. The van der Waals surface area contributed by atoms with Crippen molar-refractivity contribution in [1.29, 1.82) is 0 Å². The number of hydrogen-bond donors (Lipinski definition) is 0. The van der Waals surface area contributed by atoms with Crippen molar-refractivity contribution in [3.8, 4) is 0 Å². The molecule has 2 heterocycles. The third-order valence-electron chi connectivity index (χ3n) is 7.36. The Hall–Kier alpha value is -3.31. The average Bonchev–Trinajstić information content (AvgIpc) is 3.22. The summed E-state index contributed by atoms with van der Waals surface area (Å²) in [5.41, 5.74) is 1.70. The van der Waals surface area contributed by atoms with Gasteiger partial charge in [0, 0.05) is 25.8 Å². The van der Waals surface area contributed by atoms with Gasteiger partial charge in [-0.15, -0.1) is 5.10 Å². The zero-order valence-corrected chi connectivity index (χ0v) is 21.1. The van der Waals surface area contributed by atoms with E-state index in [-0.39, 0.29) is 30.2 Å². The molecule has 0 saturated carbocycles. The molecule has 5 rings (SSSR count). The minimum Gasteiger partial charge on any atom is -0.374 e. The van der Waals surface area contributed by atoms with Gasteiger partial charge in [0.25, 0.3) is 5.95 Å². The minimum absolute atomic E-state index is 0.128. The molecule has 0 saturated heterocycles. The number of nitrogens with zero attached hydrogens (tertiary/aromatic N) is 6. The fraction of sp³-hybridized carbons (Fsp3) is 0.500. The standard InChI is InChI=1S/C26H28F6N6/c1-36-9-5-8-22(21-12-17-6-3-4-7-18(17)13-23(21)36)38(24-33-35-37(2)34-24)15-16-10-19(25(27,28)29)14-20(11-16)26(30,31)32/h10-14,22H,3-9,15H2,1-2H3/t22-/m0/s1. The highest BCUT2D eigenvalue weighted by atomic mass is 19.4. The summed E-state index contributed by atoms with van der Waals surface area (Å²) in [5, 5.41) is 12.3. The smallest absolute Gasteiger partial charge is 0.374 e. The van der Waals surface area contributed by atoms with Crippen molar-refractivity contribution < 1.29 is 26.3 Å². The molecule has 0 N–H and O–H groups in total. The number of tetrazole rings is 1. The number of aryl methyl sites for hydroxylation is 3. The quantitative estimate of drug-likeness (QED) is 0.376. The van der Waals surface area contributed by atoms with Crippen LogP contribution in [0.5, 0.6) is 0 Å². The van der Waals surface area contributed by atoms with E-state index < -0.39 is 23.5 Å². The third kappa shape index (κ3) is 5.30. The van der Waals surface area contributed by atoms with Crippen LogP contribution < -0.4 is 9.80 Å². The molecule has 1 aromatic heterocycles. The monoisotopic (exact) mass is 538 g/mol. The molecule has 0 fully saturated rings. The second-order valence-electron chi connectivity index (χ2n) is 10.1. The number of aromatic nitrogens is 4. The molecule has 0 amide bonds. The molecule has 0 bridgehead atoms. The van der Waals surface area contributed by atoms with Crippen LogP contribution in [0.15, 0.2) is 30.3 Å². The van der Waals surface area contributed by atoms with Crippen LogP contribution in [-0.2, 0) is 38.8 Å². The summed E-state index contributed by atoms with van der Waals surface area (Å²) < 4.78 is 81.5. The van der Waals surface area contributed by atoms with Gasteiger partial charge in [-0.05, 0) is 90.3 Å². The Bertz CT molecular complexity index is 1280. The Morgan fingerprint density at radius 2 is 1.50 bits per heavy atom. The number of halogens is 6. The summed E-state index contributed by atoms with van der Waals surface area (Å²) in [7, 11) is 3.57. The first-order chi connectivity index (χ1) is 17.9. The first kappa shape index (κ1) is 26.3. The summed E-state index contributed by atoms with van der Waals surface area (Å²) >= 11 is 0. The normalized spacial score (nSPS) is 18.1. The predicted molar refractivity (Wildman–Crippen MR) is 130 cm³/mol. The molecule has 3 aromatic rings. The SMILES string of the molecule is CN1CCC[C@H](N(Cc2cc(C(F)(F)F)cc(C(F)(F)F)c2)c2nnn(C)n2)c2cc3c(cc21)CCCC3. The molecular formula is C26H28F6N6. The van der Waals surface area contributed by atoms with Crippen molar-refractivity contribution in [2.75, 3.05) is 23.4 Å². The Balaban J connectivity index is 1.63. The maximum Gasteiger partial charge on any atom is 0.416 e. The summed E-state index contributed by atoms with van der Waals surface area (Å²) in [6.45, 7) is 0.523. The number of hydrogen-bond acceptors (Lipinski definition) is 5. The van der Waals surface area contributed by atoms with Crippen LogP contribution in [0.1, 0.15) is 65.1 Å². The lowest BCUT2D eigenvalue weighted by molar-refractivity contribution is -0.143. The van der Waals surface area contributed by atoms with Gasteiger partial charge < -0.3 is 9.80 Å². The molecule has 1 aliphatic carbocycles. The summed E-state index contributed by atoms with van der Waals surface area (Å²) in [6, 6.07) is 5.68. The third-order valence-corrected chi connectivity index (χ3v) is 7.36. The maximum absolute atomic E-state index is 13.6. The average molecular weight is 539 g/mol. The van der Waals surface area contributed by atoms with E-state index in [1.165, 1.54) is 15.9 Å². The van der Waals surface area contributed by atoms with Gasteiger partial charge in [-0.2, -0.15) is 31.1 Å². The highest BCUT2D eigenvalue weighted by Crippen LogP contribution is 2.42. The molecule has 6 nitrogen and oxygen atoms in total. The summed E-state index contributed by atoms with van der Waals surface area (Å²) in [4.78, 5) is 5.08. The molecule has 0 spiro atoms. The van der Waals surface area contributed by atoms with Crippen molar-refractivity contribution in [3.05, 3.63) is 63.7 Å². The van der Waals surface area contributed by atoms with Crippen molar-refractivity contribution >= 4 is 11.6 Å². The van der Waals surface area contributed by atoms with Crippen LogP contribution in [0.2, 0.25) is 0 Å². The van der Waals surface area contributed by atoms with Gasteiger partial charge >= 0.3 is 12.4 Å². The maximum atomic E-state index is 13.6. The van der Waals surface area contributed by atoms with E-state index in [4.69, 9.17) is 0 Å². The number of anilines is 2. The van der Waals surface area contributed by atoms with E-state index in [1.54, 1.807) is 11.9 Å². The van der Waals surface area contributed by atoms with E-state index in [0.717, 1.165) is 62.0 Å². The molecule has 2 aliphatic rings. The predicted octanol–water partition coefficient (Wildman–Crippen LogP) is 6.10. The second kappa shape index (κ2) is 9.77. The molecule has 38 heavy (non-hydrogen) atoms. The fourth-order valence-corrected chi connectivity index (χ4v) is 5.53. The van der Waals surface area contributed by atoms with Crippen LogP contribution in [0.25, 0.3) is 0 Å². The van der Waals surface area contributed by atoms with E-state index in [1.807, 2.05) is 7.05 Å². The van der Waals surface area contributed by atoms with Gasteiger partial charge in [-0.1, -0.05) is 11.2 Å². The van der Waals surface area contributed by atoms with Crippen LogP contribution in [0, 0.1) is 0 Å². The summed E-state index contributed by atoms with van der Waals surface area (Å²) in [5.74, 6) is 0.150. The topological polar surface area (TPSA) is 50.1 Å². The molecule has 0 radical (unpaired) electrons. The van der Waals surface area contributed by atoms with Gasteiger partial charge in [0.15, 0.2) is 0 Å². The van der Waals surface area contributed by atoms with E-state index in [9.17, 15) is 26.3 Å². The number of fused-ring (bicyclic) bond motifs is 2. The van der Waals surface area contributed by atoms with Gasteiger partial charge in [0.2, 0.25) is 0 Å². The van der Waals surface area contributed by atoms with Crippen molar-refractivity contribution in [2.45, 2.75) is 63.5 Å². The van der Waals surface area contributed by atoms with Gasteiger partial charge in [-0.3, -0.25) is 0 Å². The lowest BCUT2D eigenvalue weighted by Gasteiger charge is -2.33. The van der Waals surface area contributed by atoms with E-state index in [2.05, 4.69) is 32.4 Å². The van der Waals surface area contributed by atoms with Crippen LogP contribution >= 0.6 is 0 Å². The number of benzene rings is 2. The molecule has 12 heteroatoms. The fourth-order valence-electron chi connectivity index (χ4n) is 5.53. The summed E-state index contributed by atoms with van der Waals surface area (Å²) in [6.07, 6.45) is -4.35. The van der Waals surface area contributed by atoms with E-state index in [0.29, 0.717) is 6.42 Å². The van der Waals surface area contributed by atoms with Crippen LogP contribution in [0.4, 0.5) is 38.0 Å². The lowest BCUT2D eigenvalue weighted by Crippen LogP contribution is -2.30. The molecule has 1 atom stereocenters. The first-order valence-corrected chi connectivity index (χ1v) is 12.6. The zero-order chi connectivity index (χ0) is 27.2. The molecule has 2 aromatic carbocycles. The Kier molecular flexibility index (Phi) is 6.77. The van der Waals surface area contributed by atoms with Crippen LogP contribution in [0.3, 0.4) is 0 Å².